The maximum Gasteiger partial charge on any atom is 0.422 e. The fourth-order valence-corrected chi connectivity index (χ4v) is 6.16. The Morgan fingerprint density at radius 2 is 2.02 bits per heavy atom. The Morgan fingerprint density at radius 3 is 2.71 bits per heavy atom. The van der Waals surface area contributed by atoms with Crippen molar-refractivity contribution >= 4 is 11.8 Å². The third-order valence-corrected chi connectivity index (χ3v) is 8.16. The zero-order valence-corrected chi connectivity index (χ0v) is 22.4. The maximum atomic E-state index is 13.8. The Balaban J connectivity index is 1.35. The van der Waals surface area contributed by atoms with Crippen LogP contribution in [0.4, 0.5) is 13.2 Å². The van der Waals surface area contributed by atoms with Crippen molar-refractivity contribution < 1.29 is 32.6 Å². The molecule has 1 aliphatic heterocycles. The molecule has 0 saturated heterocycles. The number of fused-ring (bicyclic) bond motifs is 3. The minimum atomic E-state index is -4.46. The van der Waals surface area contributed by atoms with Gasteiger partial charge in [0.25, 0.3) is 11.8 Å². The van der Waals surface area contributed by atoms with Gasteiger partial charge in [0, 0.05) is 18.7 Å². The number of aliphatic hydroxyl groups excluding tert-OH is 1. The number of hydrogen-bond donors (Lipinski definition) is 3. The number of pyridine rings is 1. The SMILES string of the molecule is N#Cc1ccc(-n2nc3c(c2C(=O)NC2CCC(O)CC2)C(=O)N[C@@]2(CCc4cc(OCC(F)(F)F)ccc42)C3)nc1. The maximum absolute atomic E-state index is 13.8. The highest BCUT2D eigenvalue weighted by Gasteiger charge is 2.47. The first kappa shape index (κ1) is 27.7. The summed E-state index contributed by atoms with van der Waals surface area (Å²) in [6, 6.07) is 9.60. The number of aliphatic hydroxyl groups is 1. The normalized spacial score (nSPS) is 23.1. The molecule has 3 aliphatic rings. The number of nitrogens with one attached hydrogen (secondary N) is 2. The van der Waals surface area contributed by atoms with Crippen molar-refractivity contribution in [1.82, 2.24) is 25.4 Å². The van der Waals surface area contributed by atoms with Gasteiger partial charge in [0.05, 0.1) is 28.5 Å². The number of halogens is 3. The molecule has 0 bridgehead atoms. The van der Waals surface area contributed by atoms with Crippen molar-refractivity contribution in [3.8, 4) is 17.6 Å². The summed E-state index contributed by atoms with van der Waals surface area (Å²) < 4.78 is 44.2. The van der Waals surface area contributed by atoms with Gasteiger partial charge in [-0.05, 0) is 73.9 Å². The highest BCUT2D eigenvalue weighted by Crippen LogP contribution is 2.44. The van der Waals surface area contributed by atoms with Gasteiger partial charge in [-0.1, -0.05) is 6.07 Å². The van der Waals surface area contributed by atoms with E-state index in [0.717, 1.165) is 11.1 Å². The van der Waals surface area contributed by atoms with Gasteiger partial charge in [0.2, 0.25) is 0 Å². The van der Waals surface area contributed by atoms with Gasteiger partial charge in [0.1, 0.15) is 17.5 Å². The molecule has 3 N–H and O–H groups in total. The summed E-state index contributed by atoms with van der Waals surface area (Å²) in [6.07, 6.45) is 0.0585. The number of benzene rings is 1. The van der Waals surface area contributed by atoms with Crippen LogP contribution < -0.4 is 15.4 Å². The zero-order valence-electron chi connectivity index (χ0n) is 22.4. The predicted molar refractivity (Wildman–Crippen MR) is 141 cm³/mol. The second kappa shape index (κ2) is 10.4. The molecule has 13 heteroatoms. The minimum absolute atomic E-state index is 0.0230. The fraction of sp³-hybridized carbons (Fsp3) is 0.414. The van der Waals surface area contributed by atoms with Crippen molar-refractivity contribution in [2.24, 2.45) is 0 Å². The Kier molecular flexibility index (Phi) is 6.89. The molecular formula is C29H27F3N6O4. The van der Waals surface area contributed by atoms with Gasteiger partial charge in [-0.3, -0.25) is 9.59 Å². The van der Waals surface area contributed by atoms with Gasteiger partial charge in [-0.2, -0.15) is 23.5 Å². The smallest absolute Gasteiger partial charge is 0.422 e. The van der Waals surface area contributed by atoms with E-state index < -0.39 is 36.2 Å². The lowest BCUT2D eigenvalue weighted by Crippen LogP contribution is -2.50. The van der Waals surface area contributed by atoms with E-state index in [4.69, 9.17) is 4.74 Å². The lowest BCUT2D eigenvalue weighted by atomic mass is 9.82. The zero-order chi connectivity index (χ0) is 29.6. The average Bonchev–Trinajstić information content (AvgIpc) is 3.51. The highest BCUT2D eigenvalue weighted by atomic mass is 19.4. The molecule has 2 aromatic heterocycles. The van der Waals surface area contributed by atoms with E-state index in [9.17, 15) is 33.1 Å². The summed E-state index contributed by atoms with van der Waals surface area (Å²) in [5, 5.41) is 29.8. The third kappa shape index (κ3) is 5.18. The minimum Gasteiger partial charge on any atom is -0.484 e. The monoisotopic (exact) mass is 580 g/mol. The van der Waals surface area contributed by atoms with E-state index in [1.54, 1.807) is 24.3 Å². The van der Waals surface area contributed by atoms with Crippen molar-refractivity contribution in [3.05, 3.63) is 70.2 Å². The Bertz CT molecular complexity index is 1590. The summed E-state index contributed by atoms with van der Waals surface area (Å²) in [7, 11) is 0. The number of carbonyl (C=O) groups excluding carboxylic acids is 2. The van der Waals surface area contributed by atoms with Gasteiger partial charge in [-0.15, -0.1) is 0 Å². The highest BCUT2D eigenvalue weighted by molar-refractivity contribution is 6.08. The summed E-state index contributed by atoms with van der Waals surface area (Å²) in [5.41, 5.74) is 1.53. The molecule has 1 spiro atoms. The molecule has 1 atom stereocenters. The average molecular weight is 581 g/mol. The first-order valence-corrected chi connectivity index (χ1v) is 13.7. The fourth-order valence-electron chi connectivity index (χ4n) is 6.16. The molecule has 3 aromatic rings. The molecule has 10 nitrogen and oxygen atoms in total. The third-order valence-electron chi connectivity index (χ3n) is 8.16. The second-order valence-electron chi connectivity index (χ2n) is 11.0. The van der Waals surface area contributed by atoms with Crippen LogP contribution >= 0.6 is 0 Å². The summed E-state index contributed by atoms with van der Waals surface area (Å²) in [5.74, 6) is -0.643. The van der Waals surface area contributed by atoms with Gasteiger partial charge >= 0.3 is 6.18 Å². The van der Waals surface area contributed by atoms with Gasteiger partial charge in [-0.25, -0.2) is 9.67 Å². The van der Waals surface area contributed by atoms with Crippen molar-refractivity contribution in [2.75, 3.05) is 6.61 Å². The molecule has 1 saturated carbocycles. The number of alkyl halides is 3. The number of aromatic nitrogens is 3. The van der Waals surface area contributed by atoms with E-state index in [1.165, 1.54) is 16.9 Å². The number of aryl methyl sites for hydroxylation is 1. The Labute approximate surface area is 238 Å². The van der Waals surface area contributed by atoms with Crippen LogP contribution in [0.2, 0.25) is 0 Å². The van der Waals surface area contributed by atoms with Crippen LogP contribution in [0.15, 0.2) is 36.5 Å². The van der Waals surface area contributed by atoms with Crippen molar-refractivity contribution in [1.29, 1.82) is 5.26 Å². The summed E-state index contributed by atoms with van der Waals surface area (Å²) >= 11 is 0. The number of carbonyl (C=O) groups is 2. The molecule has 42 heavy (non-hydrogen) atoms. The standard InChI is InChI=1S/C29H27F3N6O4/c30-29(31,32)15-42-20-6-7-21-17(11-20)9-10-28(21)12-22-24(26(40)36-28)25(27(41)35-18-2-4-19(39)5-3-18)38(37-22)23-8-1-16(13-33)14-34-23/h1,6-8,11,14,18-19,39H,2-5,9-10,12,15H2,(H,35,41)(H,36,40)/t18?,19?,28-/m0/s1. The quantitative estimate of drug-likeness (QED) is 0.421. The molecule has 1 aromatic carbocycles. The van der Waals surface area contributed by atoms with Crippen molar-refractivity contribution in [3.63, 3.8) is 0 Å². The van der Waals surface area contributed by atoms with Crippen LogP contribution in [-0.2, 0) is 18.4 Å². The lowest BCUT2D eigenvalue weighted by molar-refractivity contribution is -0.153. The van der Waals surface area contributed by atoms with Crippen LogP contribution in [0.3, 0.4) is 0 Å². The van der Waals surface area contributed by atoms with E-state index >= 15 is 0 Å². The number of nitriles is 1. The van der Waals surface area contributed by atoms with Crippen LogP contribution in [0, 0.1) is 11.3 Å². The summed E-state index contributed by atoms with van der Waals surface area (Å²) in [4.78, 5) is 31.7. The topological polar surface area (TPSA) is 142 Å². The van der Waals surface area contributed by atoms with E-state index in [1.807, 2.05) is 6.07 Å². The Hall–Kier alpha value is -4.44. The Morgan fingerprint density at radius 1 is 1.24 bits per heavy atom. The van der Waals surface area contributed by atoms with Crippen LogP contribution in [0.1, 0.15) is 75.3 Å². The number of rotatable bonds is 5. The van der Waals surface area contributed by atoms with Gasteiger partial charge < -0.3 is 20.5 Å². The summed E-state index contributed by atoms with van der Waals surface area (Å²) in [6.45, 7) is -1.40. The van der Waals surface area contributed by atoms with E-state index in [-0.39, 0.29) is 35.3 Å². The largest absolute Gasteiger partial charge is 0.484 e. The lowest BCUT2D eigenvalue weighted by Gasteiger charge is -2.35. The van der Waals surface area contributed by atoms with E-state index in [0.29, 0.717) is 49.8 Å². The molecule has 218 valence electrons. The number of ether oxygens (including phenoxy) is 1. The molecule has 6 rings (SSSR count). The molecule has 2 amide bonds. The molecule has 3 heterocycles. The number of hydrogen-bond acceptors (Lipinski definition) is 7. The molecule has 1 fully saturated rings. The van der Waals surface area contributed by atoms with Gasteiger partial charge in [0.15, 0.2) is 12.4 Å². The molecule has 0 radical (unpaired) electrons. The van der Waals surface area contributed by atoms with Crippen molar-refractivity contribution in [2.45, 2.75) is 68.8 Å². The van der Waals surface area contributed by atoms with Crippen LogP contribution in [0.5, 0.6) is 5.75 Å². The van der Waals surface area contributed by atoms with Crippen LogP contribution in [0.25, 0.3) is 5.82 Å². The molecule has 2 aliphatic carbocycles. The number of amides is 2. The molecule has 0 unspecified atom stereocenters. The van der Waals surface area contributed by atoms with Crippen LogP contribution in [-0.4, -0.2) is 56.6 Å². The first-order valence-electron chi connectivity index (χ1n) is 13.7. The number of nitrogens with zero attached hydrogens (tertiary/aromatic N) is 4. The molecular weight excluding hydrogens is 553 g/mol. The van der Waals surface area contributed by atoms with E-state index in [2.05, 4.69) is 20.7 Å². The predicted octanol–water partition coefficient (Wildman–Crippen LogP) is 3.24. The first-order chi connectivity index (χ1) is 20.0. The second-order valence-corrected chi connectivity index (χ2v) is 11.0.